The molecule has 102 valence electrons. The van der Waals surface area contributed by atoms with Gasteiger partial charge in [-0.05, 0) is 37.6 Å². The minimum absolute atomic E-state index is 0.103. The number of aliphatic imine (C=N–C) groups is 1. The van der Waals surface area contributed by atoms with Crippen LogP contribution >= 0.6 is 0 Å². The highest BCUT2D eigenvalue weighted by Gasteiger charge is 1.98. The van der Waals surface area contributed by atoms with E-state index in [1.54, 1.807) is 19.4 Å². The van der Waals surface area contributed by atoms with E-state index in [0.29, 0.717) is 6.54 Å². The van der Waals surface area contributed by atoms with E-state index in [1.807, 2.05) is 38.1 Å². The molecule has 0 radical (unpaired) electrons. The maximum absolute atomic E-state index is 11.2. The molecule has 0 heterocycles. The van der Waals surface area contributed by atoms with Gasteiger partial charge in [0.25, 0.3) is 0 Å². The van der Waals surface area contributed by atoms with Crippen molar-refractivity contribution in [2.45, 2.75) is 26.5 Å². The van der Waals surface area contributed by atoms with Gasteiger partial charge >= 0.3 is 5.97 Å². The molecule has 1 aromatic rings. The van der Waals surface area contributed by atoms with Crippen LogP contribution in [0.5, 0.6) is 5.75 Å². The van der Waals surface area contributed by atoms with Crippen molar-refractivity contribution in [3.8, 4) is 5.75 Å². The van der Waals surface area contributed by atoms with Crippen LogP contribution in [-0.2, 0) is 16.1 Å². The number of carbonyl (C=O) groups excluding carboxylic acids is 1. The van der Waals surface area contributed by atoms with Gasteiger partial charge in [-0.25, -0.2) is 4.79 Å². The smallest absolute Gasteiger partial charge is 0.331 e. The lowest BCUT2D eigenvalue weighted by atomic mass is 10.2. The van der Waals surface area contributed by atoms with Gasteiger partial charge in [0.05, 0.1) is 19.8 Å². The molecule has 0 aliphatic heterocycles. The zero-order valence-electron chi connectivity index (χ0n) is 11.5. The summed E-state index contributed by atoms with van der Waals surface area (Å²) < 4.78 is 10.0. The Morgan fingerprint density at radius 2 is 2.00 bits per heavy atom. The van der Waals surface area contributed by atoms with Crippen LogP contribution in [0, 0.1) is 0 Å². The van der Waals surface area contributed by atoms with Gasteiger partial charge < -0.3 is 9.47 Å². The lowest BCUT2D eigenvalue weighted by Gasteiger charge is -2.03. The molecule has 0 bridgehead atoms. The summed E-state index contributed by atoms with van der Waals surface area (Å²) in [6.07, 6.45) is 4.42. The lowest BCUT2D eigenvalue weighted by Crippen LogP contribution is -2.08. The number of hydrogen-bond donors (Lipinski definition) is 0. The second-order valence-electron chi connectivity index (χ2n) is 4.18. The van der Waals surface area contributed by atoms with Crippen molar-refractivity contribution in [3.05, 3.63) is 42.0 Å². The Labute approximate surface area is 113 Å². The second kappa shape index (κ2) is 8.08. The fraction of sp³-hybridized carbons (Fsp3) is 0.333. The number of benzene rings is 1. The van der Waals surface area contributed by atoms with Crippen LogP contribution < -0.4 is 4.74 Å². The van der Waals surface area contributed by atoms with E-state index in [1.165, 1.54) is 6.08 Å². The van der Waals surface area contributed by atoms with E-state index in [2.05, 4.69) is 4.99 Å². The topological polar surface area (TPSA) is 47.9 Å². The molecule has 0 aromatic heterocycles. The molecule has 0 fully saturated rings. The van der Waals surface area contributed by atoms with Crippen molar-refractivity contribution < 1.29 is 14.3 Å². The fourth-order valence-electron chi connectivity index (χ4n) is 1.34. The van der Waals surface area contributed by atoms with Gasteiger partial charge in [0, 0.05) is 12.3 Å². The molecule has 4 nitrogen and oxygen atoms in total. The molecule has 0 saturated heterocycles. The van der Waals surface area contributed by atoms with Gasteiger partial charge in [0.1, 0.15) is 5.75 Å². The maximum Gasteiger partial charge on any atom is 0.331 e. The minimum Gasteiger partial charge on any atom is -0.497 e. The first-order chi connectivity index (χ1) is 9.11. The van der Waals surface area contributed by atoms with Gasteiger partial charge in [-0.1, -0.05) is 12.1 Å². The van der Waals surface area contributed by atoms with Crippen molar-refractivity contribution >= 4 is 12.2 Å². The first kappa shape index (κ1) is 15.0. The Hall–Kier alpha value is -2.10. The number of rotatable bonds is 6. The molecular formula is C15H19NO3. The molecule has 1 aromatic carbocycles. The number of hydrogen-bond acceptors (Lipinski definition) is 4. The summed E-state index contributed by atoms with van der Waals surface area (Å²) in [4.78, 5) is 15.4. The molecule has 0 N–H and O–H groups in total. The molecule has 4 heteroatoms. The van der Waals surface area contributed by atoms with Crippen LogP contribution in [0.2, 0.25) is 0 Å². The van der Waals surface area contributed by atoms with Crippen LogP contribution in [0.25, 0.3) is 0 Å². The largest absolute Gasteiger partial charge is 0.497 e. The van der Waals surface area contributed by atoms with Crippen molar-refractivity contribution in [1.82, 2.24) is 0 Å². The summed E-state index contributed by atoms with van der Waals surface area (Å²) in [5.41, 5.74) is 1.08. The predicted octanol–water partition coefficient (Wildman–Crippen LogP) is 2.77. The second-order valence-corrected chi connectivity index (χ2v) is 4.18. The lowest BCUT2D eigenvalue weighted by molar-refractivity contribution is -0.141. The van der Waals surface area contributed by atoms with E-state index < -0.39 is 0 Å². The Balaban J connectivity index is 2.37. The third-order valence-corrected chi connectivity index (χ3v) is 2.21. The Bertz CT molecular complexity index is 447. The van der Waals surface area contributed by atoms with Gasteiger partial charge in [0.15, 0.2) is 0 Å². The Kier molecular flexibility index (Phi) is 6.36. The molecule has 1 rings (SSSR count). The number of nitrogens with zero attached hydrogens (tertiary/aromatic N) is 1. The number of ether oxygens (including phenoxy) is 2. The first-order valence-corrected chi connectivity index (χ1v) is 6.12. The summed E-state index contributed by atoms with van der Waals surface area (Å²) in [5, 5.41) is 0. The third kappa shape index (κ3) is 6.41. The monoisotopic (exact) mass is 261 g/mol. The average molecular weight is 261 g/mol. The highest BCUT2D eigenvalue weighted by Crippen LogP contribution is 2.11. The van der Waals surface area contributed by atoms with Gasteiger partial charge in [-0.2, -0.15) is 0 Å². The first-order valence-electron chi connectivity index (χ1n) is 6.12. The quantitative estimate of drug-likeness (QED) is 0.449. The third-order valence-electron chi connectivity index (χ3n) is 2.21. The highest BCUT2D eigenvalue weighted by atomic mass is 16.5. The molecule has 0 aliphatic carbocycles. The van der Waals surface area contributed by atoms with Crippen LogP contribution in [-0.4, -0.2) is 25.4 Å². The molecule has 19 heavy (non-hydrogen) atoms. The molecule has 0 aliphatic rings. The Morgan fingerprint density at radius 3 is 2.58 bits per heavy atom. The molecule has 0 amide bonds. The summed E-state index contributed by atoms with van der Waals surface area (Å²) in [5.74, 6) is 0.468. The van der Waals surface area contributed by atoms with Crippen LogP contribution in [0.15, 0.2) is 41.4 Å². The van der Waals surface area contributed by atoms with E-state index >= 15 is 0 Å². The summed E-state index contributed by atoms with van der Waals surface area (Å²) in [6, 6.07) is 7.68. The van der Waals surface area contributed by atoms with Crippen molar-refractivity contribution in [3.63, 3.8) is 0 Å². The molecule has 0 atom stereocenters. The molecule has 0 saturated carbocycles. The van der Waals surface area contributed by atoms with Crippen LogP contribution in [0.4, 0.5) is 0 Å². The van der Waals surface area contributed by atoms with Gasteiger partial charge in [-0.15, -0.1) is 0 Å². The zero-order valence-corrected chi connectivity index (χ0v) is 11.5. The maximum atomic E-state index is 11.2. The van der Waals surface area contributed by atoms with E-state index in [4.69, 9.17) is 9.47 Å². The molecular weight excluding hydrogens is 242 g/mol. The number of allylic oxidation sites excluding steroid dienone is 1. The fourth-order valence-corrected chi connectivity index (χ4v) is 1.34. The minimum atomic E-state index is -0.356. The number of methoxy groups -OCH3 is 1. The summed E-state index contributed by atoms with van der Waals surface area (Å²) in [7, 11) is 1.63. The normalized spacial score (nSPS) is 11.4. The highest BCUT2D eigenvalue weighted by molar-refractivity contribution is 5.87. The molecule has 0 spiro atoms. The number of esters is 1. The molecule has 0 unspecified atom stereocenters. The van der Waals surface area contributed by atoms with Crippen molar-refractivity contribution in [2.75, 3.05) is 7.11 Å². The van der Waals surface area contributed by atoms with E-state index in [-0.39, 0.29) is 12.1 Å². The van der Waals surface area contributed by atoms with Gasteiger partial charge in [-0.3, -0.25) is 4.99 Å². The summed E-state index contributed by atoms with van der Waals surface area (Å²) >= 11 is 0. The average Bonchev–Trinajstić information content (AvgIpc) is 2.38. The zero-order chi connectivity index (χ0) is 14.1. The predicted molar refractivity (Wildman–Crippen MR) is 75.6 cm³/mol. The van der Waals surface area contributed by atoms with Crippen LogP contribution in [0.3, 0.4) is 0 Å². The van der Waals surface area contributed by atoms with Crippen LogP contribution in [0.1, 0.15) is 19.4 Å². The Morgan fingerprint density at radius 1 is 1.32 bits per heavy atom. The van der Waals surface area contributed by atoms with E-state index in [0.717, 1.165) is 11.3 Å². The SMILES string of the molecule is COc1ccc(CN=C/C=C/C(=O)OC(C)C)cc1. The van der Waals surface area contributed by atoms with Crippen molar-refractivity contribution in [2.24, 2.45) is 4.99 Å². The summed E-state index contributed by atoms with van der Waals surface area (Å²) in [6.45, 7) is 4.18. The number of carbonyl (C=O) groups is 1. The standard InChI is InChI=1S/C15H19NO3/c1-12(2)19-15(17)5-4-10-16-11-13-6-8-14(18-3)9-7-13/h4-10,12H,11H2,1-3H3/b5-4+,16-10?. The van der Waals surface area contributed by atoms with Crippen molar-refractivity contribution in [1.29, 1.82) is 0 Å². The van der Waals surface area contributed by atoms with Gasteiger partial charge in [0.2, 0.25) is 0 Å². The van der Waals surface area contributed by atoms with E-state index in [9.17, 15) is 4.79 Å².